The number of benzene rings is 1. The van der Waals surface area contributed by atoms with E-state index < -0.39 is 11.7 Å². The van der Waals surface area contributed by atoms with Crippen LogP contribution in [0.15, 0.2) is 30.4 Å². The molecule has 0 amide bonds. The Balaban J connectivity index is 2.12. The first-order valence-corrected chi connectivity index (χ1v) is 10.8. The van der Waals surface area contributed by atoms with E-state index in [1.54, 1.807) is 6.92 Å². The molecule has 0 saturated heterocycles. The van der Waals surface area contributed by atoms with Gasteiger partial charge in [-0.1, -0.05) is 12.2 Å². The molecule has 30 heavy (non-hydrogen) atoms. The molecule has 1 aliphatic rings. The van der Waals surface area contributed by atoms with Crippen LogP contribution in [-0.4, -0.2) is 28.3 Å². The number of hydrogen-bond donors (Lipinski definition) is 1. The molecule has 162 valence electrons. The number of ether oxygens (including phenoxy) is 2. The minimum Gasteiger partial charge on any atom is -0.464 e. The van der Waals surface area contributed by atoms with Gasteiger partial charge in [-0.3, -0.25) is 4.98 Å². The van der Waals surface area contributed by atoms with Gasteiger partial charge in [0.2, 0.25) is 0 Å². The Hall–Kier alpha value is -2.24. The highest BCUT2D eigenvalue weighted by Gasteiger charge is 2.30. The van der Waals surface area contributed by atoms with Crippen molar-refractivity contribution in [2.24, 2.45) is 0 Å². The summed E-state index contributed by atoms with van der Waals surface area (Å²) in [4.78, 5) is 17.5. The van der Waals surface area contributed by atoms with Gasteiger partial charge < -0.3 is 14.6 Å². The summed E-state index contributed by atoms with van der Waals surface area (Å²) < 4.78 is 11.4. The van der Waals surface area contributed by atoms with Crippen molar-refractivity contribution in [1.29, 1.82) is 0 Å². The van der Waals surface area contributed by atoms with Gasteiger partial charge in [0.1, 0.15) is 0 Å². The lowest BCUT2D eigenvalue weighted by Crippen LogP contribution is -2.29. The summed E-state index contributed by atoms with van der Waals surface area (Å²) >= 11 is 0. The number of aliphatic hydroxyl groups excluding tert-OH is 1. The van der Waals surface area contributed by atoms with Gasteiger partial charge >= 0.3 is 5.97 Å². The van der Waals surface area contributed by atoms with Crippen LogP contribution in [0.2, 0.25) is 0 Å². The normalized spacial score (nSPS) is 17.9. The van der Waals surface area contributed by atoms with Gasteiger partial charge in [-0.25, -0.2) is 4.79 Å². The van der Waals surface area contributed by atoms with E-state index in [0.717, 1.165) is 52.5 Å². The Kier molecular flexibility index (Phi) is 6.94. The molecule has 2 atom stereocenters. The van der Waals surface area contributed by atoms with Crippen LogP contribution < -0.4 is 0 Å². The molecule has 1 aromatic carbocycles. The van der Waals surface area contributed by atoms with E-state index in [4.69, 9.17) is 14.5 Å². The standard InChI is InChI=1S/C25H33NO4/c1-6-29-24(28)23(30-25(3,4)5)19-13-18-14-20(17-10-8-7-9-11-17)22(15-27)26-21(18)12-16(19)2/h8,10,12-14,17,23,27H,6-7,9,11,15H2,1-5H3/t17?,23-/m0/s1. The zero-order valence-corrected chi connectivity index (χ0v) is 18.7. The second-order valence-corrected chi connectivity index (χ2v) is 8.91. The highest BCUT2D eigenvalue weighted by molar-refractivity contribution is 5.85. The maximum Gasteiger partial charge on any atom is 0.339 e. The summed E-state index contributed by atoms with van der Waals surface area (Å²) in [6, 6.07) is 6.06. The van der Waals surface area contributed by atoms with Crippen LogP contribution in [0.3, 0.4) is 0 Å². The number of fused-ring (bicyclic) bond motifs is 1. The highest BCUT2D eigenvalue weighted by Crippen LogP contribution is 2.35. The fourth-order valence-corrected chi connectivity index (χ4v) is 4.01. The third kappa shape index (κ3) is 5.08. The van der Waals surface area contributed by atoms with Crippen molar-refractivity contribution in [2.75, 3.05) is 6.61 Å². The molecule has 0 bridgehead atoms. The molecule has 2 aromatic rings. The second kappa shape index (κ2) is 9.27. The van der Waals surface area contributed by atoms with Crippen LogP contribution in [0.4, 0.5) is 0 Å². The SMILES string of the molecule is CCOC(=O)[C@@H](OC(C)(C)C)c1cc2cc(C3C=CCCC3)c(CO)nc2cc1C. The molecule has 1 aliphatic carbocycles. The predicted molar refractivity (Wildman–Crippen MR) is 118 cm³/mol. The van der Waals surface area contributed by atoms with Crippen LogP contribution in [0.5, 0.6) is 0 Å². The molecule has 5 nitrogen and oxygen atoms in total. The minimum absolute atomic E-state index is 0.0883. The zero-order valence-electron chi connectivity index (χ0n) is 18.7. The predicted octanol–water partition coefficient (Wildman–Crippen LogP) is 5.28. The maximum absolute atomic E-state index is 12.7. The minimum atomic E-state index is -0.801. The molecule has 0 spiro atoms. The molecule has 3 rings (SSSR count). The largest absolute Gasteiger partial charge is 0.464 e. The number of esters is 1. The number of hydrogen-bond acceptors (Lipinski definition) is 5. The Morgan fingerprint density at radius 1 is 1.30 bits per heavy atom. The third-order valence-electron chi connectivity index (χ3n) is 5.37. The van der Waals surface area contributed by atoms with E-state index in [9.17, 15) is 9.90 Å². The van der Waals surface area contributed by atoms with Crippen molar-refractivity contribution in [1.82, 2.24) is 4.98 Å². The van der Waals surface area contributed by atoms with E-state index in [1.165, 1.54) is 0 Å². The Bertz CT molecular complexity index is 942. The van der Waals surface area contributed by atoms with Gasteiger partial charge in [0.15, 0.2) is 6.10 Å². The molecule has 1 N–H and O–H groups in total. The summed E-state index contributed by atoms with van der Waals surface area (Å²) in [7, 11) is 0. The van der Waals surface area contributed by atoms with Gasteiger partial charge in [0.05, 0.1) is 30.0 Å². The molecule has 1 aromatic heterocycles. The number of carbonyl (C=O) groups excluding carboxylic acids is 1. The van der Waals surface area contributed by atoms with Crippen LogP contribution in [0, 0.1) is 6.92 Å². The summed E-state index contributed by atoms with van der Waals surface area (Å²) in [6.45, 7) is 9.74. The molecule has 5 heteroatoms. The van der Waals surface area contributed by atoms with Gasteiger partial charge in [-0.05, 0) is 88.8 Å². The van der Waals surface area contributed by atoms with Crippen LogP contribution in [0.25, 0.3) is 10.9 Å². The van der Waals surface area contributed by atoms with Crippen molar-refractivity contribution in [2.45, 2.75) is 78.1 Å². The van der Waals surface area contributed by atoms with E-state index in [1.807, 2.05) is 39.8 Å². The first kappa shape index (κ1) is 22.4. The van der Waals surface area contributed by atoms with Gasteiger partial charge in [-0.2, -0.15) is 0 Å². The van der Waals surface area contributed by atoms with E-state index in [-0.39, 0.29) is 18.5 Å². The molecule has 0 aliphatic heterocycles. The topological polar surface area (TPSA) is 68.7 Å². The number of carbonyl (C=O) groups is 1. The van der Waals surface area contributed by atoms with Gasteiger partial charge in [0.25, 0.3) is 0 Å². The third-order valence-corrected chi connectivity index (χ3v) is 5.37. The van der Waals surface area contributed by atoms with Crippen molar-refractivity contribution >= 4 is 16.9 Å². The van der Waals surface area contributed by atoms with Crippen LogP contribution in [-0.2, 0) is 20.9 Å². The molecule has 0 radical (unpaired) electrons. The van der Waals surface area contributed by atoms with Crippen molar-refractivity contribution in [3.63, 3.8) is 0 Å². The number of aromatic nitrogens is 1. The fraction of sp³-hybridized carbons (Fsp3) is 0.520. The number of allylic oxidation sites excluding steroid dienone is 2. The van der Waals surface area contributed by atoms with E-state index in [2.05, 4.69) is 18.2 Å². The average Bonchev–Trinajstić information content (AvgIpc) is 2.71. The number of aliphatic hydroxyl groups is 1. The molecule has 0 saturated carbocycles. The number of rotatable bonds is 6. The highest BCUT2D eigenvalue weighted by atomic mass is 16.6. The van der Waals surface area contributed by atoms with Gasteiger partial charge in [-0.15, -0.1) is 0 Å². The quantitative estimate of drug-likeness (QED) is 0.517. The molecule has 1 unspecified atom stereocenters. The Morgan fingerprint density at radius 2 is 2.07 bits per heavy atom. The maximum atomic E-state index is 12.7. The molecular weight excluding hydrogens is 378 g/mol. The number of aryl methyl sites for hydroxylation is 1. The van der Waals surface area contributed by atoms with E-state index in [0.29, 0.717) is 6.61 Å². The summed E-state index contributed by atoms with van der Waals surface area (Å²) in [5, 5.41) is 10.9. The first-order chi connectivity index (χ1) is 14.2. The lowest BCUT2D eigenvalue weighted by molar-refractivity contribution is -0.166. The average molecular weight is 412 g/mol. The molecule has 1 heterocycles. The number of nitrogens with zero attached hydrogens (tertiary/aromatic N) is 1. The second-order valence-electron chi connectivity index (χ2n) is 8.91. The monoisotopic (exact) mass is 411 g/mol. The summed E-state index contributed by atoms with van der Waals surface area (Å²) in [6.07, 6.45) is 6.89. The van der Waals surface area contributed by atoms with Gasteiger partial charge in [0, 0.05) is 11.3 Å². The summed E-state index contributed by atoms with van der Waals surface area (Å²) in [5.74, 6) is -0.125. The molecular formula is C25H33NO4. The van der Waals surface area contributed by atoms with Crippen molar-refractivity contribution in [3.8, 4) is 0 Å². The Labute approximate surface area is 179 Å². The van der Waals surface area contributed by atoms with Crippen LogP contribution in [0.1, 0.15) is 81.4 Å². The Morgan fingerprint density at radius 3 is 2.67 bits per heavy atom. The first-order valence-electron chi connectivity index (χ1n) is 10.8. The fourth-order valence-electron chi connectivity index (χ4n) is 4.01. The van der Waals surface area contributed by atoms with Crippen molar-refractivity contribution in [3.05, 3.63) is 52.7 Å². The van der Waals surface area contributed by atoms with Crippen LogP contribution >= 0.6 is 0 Å². The lowest BCUT2D eigenvalue weighted by Gasteiger charge is -2.27. The van der Waals surface area contributed by atoms with Crippen molar-refractivity contribution < 1.29 is 19.4 Å². The molecule has 0 fully saturated rings. The lowest BCUT2D eigenvalue weighted by atomic mass is 9.87. The summed E-state index contributed by atoms with van der Waals surface area (Å²) in [5.41, 5.74) is 3.78. The number of pyridine rings is 1. The van der Waals surface area contributed by atoms with E-state index >= 15 is 0 Å². The zero-order chi connectivity index (χ0) is 21.9. The smallest absolute Gasteiger partial charge is 0.339 e.